The van der Waals surface area contributed by atoms with Gasteiger partial charge in [-0.1, -0.05) is 0 Å². The molecule has 0 saturated heterocycles. The van der Waals surface area contributed by atoms with Gasteiger partial charge in [0, 0.05) is 10.3 Å². The molecule has 1 heterocycles. The zero-order valence-electron chi connectivity index (χ0n) is 10.2. The number of nitriles is 1. The van der Waals surface area contributed by atoms with E-state index in [1.54, 1.807) is 0 Å². The molecular weight excluding hydrogens is 249 g/mol. The largest absolute Gasteiger partial charge is 0.456 e. The van der Waals surface area contributed by atoms with Crippen molar-refractivity contribution >= 4 is 11.3 Å². The van der Waals surface area contributed by atoms with E-state index in [2.05, 4.69) is 6.07 Å². The Balaban J connectivity index is 2.26. The molecule has 0 radical (unpaired) electrons. The van der Waals surface area contributed by atoms with Gasteiger partial charge in [0.25, 0.3) is 0 Å². The Kier molecular flexibility index (Phi) is 3.63. The number of aryl methyl sites for hydroxylation is 2. The van der Waals surface area contributed by atoms with E-state index in [9.17, 15) is 4.39 Å². The van der Waals surface area contributed by atoms with Gasteiger partial charge in [0.15, 0.2) is 0 Å². The van der Waals surface area contributed by atoms with Crippen LogP contribution in [0.25, 0.3) is 0 Å². The molecule has 92 valence electrons. The Hall–Kier alpha value is -1.86. The van der Waals surface area contributed by atoms with Crippen LogP contribution in [-0.2, 0) is 6.42 Å². The van der Waals surface area contributed by atoms with Crippen molar-refractivity contribution in [3.8, 4) is 17.6 Å². The molecule has 1 aromatic carbocycles. The molecule has 2 rings (SSSR count). The predicted octanol–water partition coefficient (Wildman–Crippen LogP) is 4.36. The second-order valence-electron chi connectivity index (χ2n) is 4.05. The first kappa shape index (κ1) is 12.6. The third-order valence-corrected chi connectivity index (χ3v) is 3.44. The van der Waals surface area contributed by atoms with E-state index in [1.807, 2.05) is 25.3 Å². The molecule has 18 heavy (non-hydrogen) atoms. The van der Waals surface area contributed by atoms with E-state index in [0.29, 0.717) is 17.9 Å². The molecule has 0 spiro atoms. The summed E-state index contributed by atoms with van der Waals surface area (Å²) in [6, 6.07) is 6.84. The fourth-order valence-electron chi connectivity index (χ4n) is 1.76. The highest BCUT2D eigenvalue weighted by molar-refractivity contribution is 7.10. The molecule has 0 bridgehead atoms. The maximum Gasteiger partial charge on any atom is 0.138 e. The Labute approximate surface area is 109 Å². The minimum absolute atomic E-state index is 0.257. The van der Waals surface area contributed by atoms with Gasteiger partial charge in [-0.05, 0) is 43.2 Å². The fraction of sp³-hybridized carbons (Fsp3) is 0.214. The molecule has 0 amide bonds. The minimum atomic E-state index is -0.257. The van der Waals surface area contributed by atoms with Crippen LogP contribution < -0.4 is 4.74 Å². The number of ether oxygens (including phenoxy) is 1. The molecule has 0 aliphatic carbocycles. The highest BCUT2D eigenvalue weighted by atomic mass is 32.1. The first-order valence-corrected chi connectivity index (χ1v) is 6.37. The number of rotatable bonds is 3. The summed E-state index contributed by atoms with van der Waals surface area (Å²) in [5.74, 6) is 1.12. The van der Waals surface area contributed by atoms with Gasteiger partial charge in [0.1, 0.15) is 17.3 Å². The Morgan fingerprint density at radius 3 is 2.56 bits per heavy atom. The highest BCUT2D eigenvalue weighted by Crippen LogP contribution is 2.32. The van der Waals surface area contributed by atoms with Gasteiger partial charge in [0.2, 0.25) is 0 Å². The van der Waals surface area contributed by atoms with Gasteiger partial charge in [0.05, 0.1) is 12.5 Å². The van der Waals surface area contributed by atoms with Crippen LogP contribution in [0.3, 0.4) is 0 Å². The average molecular weight is 261 g/mol. The number of benzene rings is 1. The van der Waals surface area contributed by atoms with Gasteiger partial charge in [-0.25, -0.2) is 4.39 Å². The molecule has 0 aliphatic heterocycles. The van der Waals surface area contributed by atoms with Crippen molar-refractivity contribution in [3.05, 3.63) is 45.4 Å². The first-order valence-electron chi connectivity index (χ1n) is 5.49. The SMILES string of the molecule is Cc1cc(F)cc(C)c1Oc1csc(CC#N)c1. The topological polar surface area (TPSA) is 33.0 Å². The van der Waals surface area contributed by atoms with E-state index in [-0.39, 0.29) is 5.82 Å². The summed E-state index contributed by atoms with van der Waals surface area (Å²) in [4.78, 5) is 0.963. The van der Waals surface area contributed by atoms with E-state index >= 15 is 0 Å². The number of hydrogen-bond donors (Lipinski definition) is 0. The number of hydrogen-bond acceptors (Lipinski definition) is 3. The maximum absolute atomic E-state index is 13.2. The van der Waals surface area contributed by atoms with Crippen LogP contribution >= 0.6 is 11.3 Å². The summed E-state index contributed by atoms with van der Waals surface area (Å²) in [7, 11) is 0. The predicted molar refractivity (Wildman–Crippen MR) is 69.6 cm³/mol. The van der Waals surface area contributed by atoms with Gasteiger partial charge in [-0.2, -0.15) is 5.26 Å². The molecule has 0 aliphatic rings. The molecular formula is C14H12FNOS. The summed E-state index contributed by atoms with van der Waals surface area (Å²) >= 11 is 1.49. The van der Waals surface area contributed by atoms with E-state index in [4.69, 9.17) is 10.00 Å². The molecule has 0 fully saturated rings. The highest BCUT2D eigenvalue weighted by Gasteiger charge is 2.09. The molecule has 2 nitrogen and oxygen atoms in total. The van der Waals surface area contributed by atoms with Crippen molar-refractivity contribution in [2.24, 2.45) is 0 Å². The van der Waals surface area contributed by atoms with Gasteiger partial charge < -0.3 is 4.74 Å². The summed E-state index contributed by atoms with van der Waals surface area (Å²) in [5, 5.41) is 10.5. The lowest BCUT2D eigenvalue weighted by Crippen LogP contribution is -1.91. The van der Waals surface area contributed by atoms with Gasteiger partial charge >= 0.3 is 0 Å². The Bertz CT molecular complexity index is 589. The van der Waals surface area contributed by atoms with Gasteiger partial charge in [-0.3, -0.25) is 0 Å². The molecule has 0 atom stereocenters. The maximum atomic E-state index is 13.2. The fourth-order valence-corrected chi connectivity index (χ4v) is 2.48. The van der Waals surface area contributed by atoms with Crippen LogP contribution in [-0.4, -0.2) is 0 Å². The van der Waals surface area contributed by atoms with Gasteiger partial charge in [-0.15, -0.1) is 11.3 Å². The quantitative estimate of drug-likeness (QED) is 0.822. The van der Waals surface area contributed by atoms with Crippen molar-refractivity contribution in [2.75, 3.05) is 0 Å². The average Bonchev–Trinajstić information content (AvgIpc) is 2.72. The third-order valence-electron chi connectivity index (χ3n) is 2.53. The third kappa shape index (κ3) is 2.69. The summed E-state index contributed by atoms with van der Waals surface area (Å²) < 4.78 is 18.9. The standard InChI is InChI=1S/C14H12FNOS/c1-9-5-11(15)6-10(2)14(9)17-12-7-13(3-4-16)18-8-12/h5-8H,3H2,1-2H3. The minimum Gasteiger partial charge on any atom is -0.456 e. The number of thiophene rings is 1. The number of halogens is 1. The molecule has 2 aromatic rings. The van der Waals surface area contributed by atoms with Crippen molar-refractivity contribution in [1.29, 1.82) is 5.26 Å². The normalized spacial score (nSPS) is 10.1. The van der Waals surface area contributed by atoms with Crippen LogP contribution in [0.5, 0.6) is 11.5 Å². The molecule has 0 saturated carbocycles. The van der Waals surface area contributed by atoms with Crippen molar-refractivity contribution in [3.63, 3.8) is 0 Å². The van der Waals surface area contributed by atoms with Crippen LogP contribution in [0.2, 0.25) is 0 Å². The molecule has 0 N–H and O–H groups in total. The van der Waals surface area contributed by atoms with E-state index < -0.39 is 0 Å². The van der Waals surface area contributed by atoms with Crippen LogP contribution in [0.15, 0.2) is 23.6 Å². The van der Waals surface area contributed by atoms with Crippen molar-refractivity contribution in [2.45, 2.75) is 20.3 Å². The Morgan fingerprint density at radius 2 is 1.94 bits per heavy atom. The zero-order valence-corrected chi connectivity index (χ0v) is 11.0. The lowest BCUT2D eigenvalue weighted by atomic mass is 10.1. The smallest absolute Gasteiger partial charge is 0.138 e. The molecule has 1 aromatic heterocycles. The van der Waals surface area contributed by atoms with Crippen LogP contribution in [0, 0.1) is 31.0 Å². The van der Waals surface area contributed by atoms with Crippen molar-refractivity contribution in [1.82, 2.24) is 0 Å². The zero-order chi connectivity index (χ0) is 13.1. The first-order chi connectivity index (χ1) is 8.60. The molecule has 4 heteroatoms. The lowest BCUT2D eigenvalue weighted by Gasteiger charge is -2.10. The Morgan fingerprint density at radius 1 is 1.28 bits per heavy atom. The second-order valence-corrected chi connectivity index (χ2v) is 5.05. The lowest BCUT2D eigenvalue weighted by molar-refractivity contribution is 0.474. The van der Waals surface area contributed by atoms with Crippen LogP contribution in [0.4, 0.5) is 4.39 Å². The van der Waals surface area contributed by atoms with Crippen molar-refractivity contribution < 1.29 is 9.13 Å². The summed E-state index contributed by atoms with van der Waals surface area (Å²) in [6.07, 6.45) is 0.384. The van der Waals surface area contributed by atoms with Crippen LogP contribution in [0.1, 0.15) is 16.0 Å². The number of nitrogens with zero attached hydrogens (tertiary/aromatic N) is 1. The van der Waals surface area contributed by atoms with E-state index in [0.717, 1.165) is 16.0 Å². The summed E-state index contributed by atoms with van der Waals surface area (Å²) in [5.41, 5.74) is 1.53. The monoisotopic (exact) mass is 261 g/mol. The molecule has 0 unspecified atom stereocenters. The summed E-state index contributed by atoms with van der Waals surface area (Å²) in [6.45, 7) is 3.63. The second kappa shape index (κ2) is 5.19. The van der Waals surface area contributed by atoms with E-state index in [1.165, 1.54) is 23.5 Å².